The minimum Gasteiger partial charge on any atom is -0.494 e. The van der Waals surface area contributed by atoms with Crippen molar-refractivity contribution in [3.8, 4) is 17.0 Å². The van der Waals surface area contributed by atoms with Crippen molar-refractivity contribution in [2.75, 3.05) is 25.6 Å². The van der Waals surface area contributed by atoms with Crippen LogP contribution in [-0.4, -0.2) is 35.3 Å². The second-order valence-electron chi connectivity index (χ2n) is 5.06. The minimum absolute atomic E-state index is 0.0558. The van der Waals surface area contributed by atoms with Gasteiger partial charge in [-0.15, -0.1) is 0 Å². The fraction of sp³-hybridized carbons (Fsp3) is 0.176. The van der Waals surface area contributed by atoms with Crippen molar-refractivity contribution in [2.24, 2.45) is 0 Å². The molecule has 0 spiro atoms. The van der Waals surface area contributed by atoms with E-state index in [-0.39, 0.29) is 12.4 Å². The van der Waals surface area contributed by atoms with Crippen molar-refractivity contribution < 1.29 is 14.2 Å². The number of methoxy groups -OCH3 is 1. The number of aliphatic hydroxyl groups is 1. The number of rotatable bonds is 5. The molecule has 3 rings (SSSR count). The Labute approximate surface area is 143 Å². The molecular weight excluding hydrogens is 333 g/mol. The first kappa shape index (κ1) is 16.4. The highest BCUT2D eigenvalue weighted by Crippen LogP contribution is 2.32. The average Bonchev–Trinajstić information content (AvgIpc) is 2.60. The lowest BCUT2D eigenvalue weighted by Gasteiger charge is -2.12. The number of nitrogens with one attached hydrogen (secondary N) is 1. The van der Waals surface area contributed by atoms with Gasteiger partial charge in [0.1, 0.15) is 11.0 Å². The predicted molar refractivity (Wildman–Crippen MR) is 92.1 cm³/mol. The quantitative estimate of drug-likeness (QED) is 0.691. The number of benzene rings is 1. The van der Waals surface area contributed by atoms with E-state index in [9.17, 15) is 4.39 Å². The zero-order valence-electron chi connectivity index (χ0n) is 12.9. The van der Waals surface area contributed by atoms with Crippen molar-refractivity contribution >= 4 is 28.2 Å². The highest BCUT2D eigenvalue weighted by atomic mass is 35.5. The molecule has 0 fully saturated rings. The zero-order chi connectivity index (χ0) is 17.1. The Hall–Kier alpha value is -2.44. The number of halogens is 2. The molecule has 0 bridgehead atoms. The number of aliphatic hydroxyl groups excluding tert-OH is 1. The fourth-order valence-corrected chi connectivity index (χ4v) is 2.59. The largest absolute Gasteiger partial charge is 0.494 e. The van der Waals surface area contributed by atoms with Crippen molar-refractivity contribution in [3.05, 3.63) is 47.5 Å². The molecule has 0 radical (unpaired) electrons. The third-order valence-corrected chi connectivity index (χ3v) is 3.75. The van der Waals surface area contributed by atoms with E-state index in [1.807, 2.05) is 0 Å². The summed E-state index contributed by atoms with van der Waals surface area (Å²) >= 11 is 5.95. The van der Waals surface area contributed by atoms with E-state index >= 15 is 0 Å². The molecule has 0 aliphatic carbocycles. The molecule has 7 heteroatoms. The monoisotopic (exact) mass is 347 g/mol. The van der Waals surface area contributed by atoms with Crippen LogP contribution in [-0.2, 0) is 0 Å². The number of ether oxygens (including phenoxy) is 1. The van der Waals surface area contributed by atoms with Crippen molar-refractivity contribution in [1.29, 1.82) is 0 Å². The molecule has 2 aromatic heterocycles. The van der Waals surface area contributed by atoms with Gasteiger partial charge >= 0.3 is 0 Å². The lowest BCUT2D eigenvalue weighted by atomic mass is 10.1. The third kappa shape index (κ3) is 3.11. The fourth-order valence-electron chi connectivity index (χ4n) is 2.43. The molecule has 3 aromatic rings. The van der Waals surface area contributed by atoms with E-state index < -0.39 is 5.82 Å². The topological polar surface area (TPSA) is 67.3 Å². The Balaban J connectivity index is 2.20. The molecule has 24 heavy (non-hydrogen) atoms. The molecule has 0 aliphatic rings. The summed E-state index contributed by atoms with van der Waals surface area (Å²) in [7, 11) is 1.41. The van der Waals surface area contributed by atoms with Gasteiger partial charge in [-0.2, -0.15) is 0 Å². The van der Waals surface area contributed by atoms with E-state index in [0.29, 0.717) is 28.8 Å². The van der Waals surface area contributed by atoms with Crippen LogP contribution in [0.2, 0.25) is 5.15 Å². The average molecular weight is 348 g/mol. The van der Waals surface area contributed by atoms with Crippen molar-refractivity contribution in [2.45, 2.75) is 0 Å². The number of anilines is 1. The molecule has 5 nitrogen and oxygen atoms in total. The Bertz CT molecular complexity index is 889. The maximum Gasteiger partial charge on any atom is 0.174 e. The first-order valence-corrected chi connectivity index (χ1v) is 7.65. The minimum atomic E-state index is -0.484. The van der Waals surface area contributed by atoms with Gasteiger partial charge in [0.25, 0.3) is 0 Å². The molecule has 0 unspecified atom stereocenters. The number of hydrogen-bond acceptors (Lipinski definition) is 5. The van der Waals surface area contributed by atoms with Gasteiger partial charge in [0.05, 0.1) is 19.4 Å². The number of fused-ring (bicyclic) bond motifs is 1. The first-order chi connectivity index (χ1) is 11.6. The van der Waals surface area contributed by atoms with E-state index in [4.69, 9.17) is 21.4 Å². The van der Waals surface area contributed by atoms with Gasteiger partial charge in [0.2, 0.25) is 0 Å². The normalized spacial score (nSPS) is 10.8. The predicted octanol–water partition coefficient (Wildman–Crippen LogP) is 3.50. The van der Waals surface area contributed by atoms with E-state index in [0.717, 1.165) is 10.8 Å². The van der Waals surface area contributed by atoms with Crippen LogP contribution < -0.4 is 10.1 Å². The molecule has 1 aromatic carbocycles. The van der Waals surface area contributed by atoms with Crippen LogP contribution in [0.3, 0.4) is 0 Å². The molecule has 2 N–H and O–H groups in total. The van der Waals surface area contributed by atoms with Crippen molar-refractivity contribution in [3.63, 3.8) is 0 Å². The van der Waals surface area contributed by atoms with Gasteiger partial charge in [-0.25, -0.2) is 14.4 Å². The summed E-state index contributed by atoms with van der Waals surface area (Å²) < 4.78 is 19.6. The summed E-state index contributed by atoms with van der Waals surface area (Å²) in [6.07, 6.45) is 1.60. The zero-order valence-corrected chi connectivity index (χ0v) is 13.6. The van der Waals surface area contributed by atoms with Crippen LogP contribution in [0.15, 0.2) is 36.5 Å². The summed E-state index contributed by atoms with van der Waals surface area (Å²) in [5, 5.41) is 13.9. The van der Waals surface area contributed by atoms with Gasteiger partial charge in [-0.05, 0) is 24.3 Å². The van der Waals surface area contributed by atoms with E-state index in [1.165, 1.54) is 7.11 Å². The Morgan fingerprint density at radius 1 is 1.33 bits per heavy atom. The standard InChI is InChI=1S/C17H15ClFN3O2/c1-24-14-4-2-3-11(16(14)19)13-7-10-9-21-15(18)8-12(10)17(22-13)20-5-6-23/h2-4,7-9,23H,5-6H2,1H3,(H,20,22). The molecule has 0 saturated heterocycles. The number of nitrogens with zero attached hydrogens (tertiary/aromatic N) is 2. The van der Waals surface area contributed by atoms with Gasteiger partial charge in [0, 0.05) is 29.1 Å². The van der Waals surface area contributed by atoms with Crippen LogP contribution >= 0.6 is 11.6 Å². The summed E-state index contributed by atoms with van der Waals surface area (Å²) in [5.41, 5.74) is 0.752. The molecular formula is C17H15ClFN3O2. The van der Waals surface area contributed by atoms with Gasteiger partial charge < -0.3 is 15.2 Å². The maximum absolute atomic E-state index is 14.5. The van der Waals surface area contributed by atoms with Gasteiger partial charge in [-0.1, -0.05) is 17.7 Å². The Morgan fingerprint density at radius 2 is 2.17 bits per heavy atom. The molecule has 0 amide bonds. The van der Waals surface area contributed by atoms with Crippen LogP contribution in [0.1, 0.15) is 0 Å². The van der Waals surface area contributed by atoms with Gasteiger partial charge in [0.15, 0.2) is 11.6 Å². The number of hydrogen-bond donors (Lipinski definition) is 2. The Kier molecular flexibility index (Phi) is 4.78. The lowest BCUT2D eigenvalue weighted by molar-refractivity contribution is 0.311. The summed E-state index contributed by atoms with van der Waals surface area (Å²) in [6, 6.07) is 8.29. The smallest absolute Gasteiger partial charge is 0.174 e. The lowest BCUT2D eigenvalue weighted by Crippen LogP contribution is -2.08. The summed E-state index contributed by atoms with van der Waals surface area (Å²) in [4.78, 5) is 8.54. The molecule has 0 atom stereocenters. The SMILES string of the molecule is COc1cccc(-c2cc3cnc(Cl)cc3c(NCCO)n2)c1F. The number of pyridine rings is 2. The molecule has 124 valence electrons. The maximum atomic E-state index is 14.5. The third-order valence-electron chi connectivity index (χ3n) is 3.54. The van der Waals surface area contributed by atoms with Crippen LogP contribution in [0, 0.1) is 5.82 Å². The van der Waals surface area contributed by atoms with Gasteiger partial charge in [-0.3, -0.25) is 0 Å². The second-order valence-corrected chi connectivity index (χ2v) is 5.44. The number of aromatic nitrogens is 2. The molecule has 0 saturated carbocycles. The summed E-state index contributed by atoms with van der Waals surface area (Å²) in [5.74, 6) is 0.165. The van der Waals surface area contributed by atoms with E-state index in [1.54, 1.807) is 36.5 Å². The highest BCUT2D eigenvalue weighted by Gasteiger charge is 2.14. The first-order valence-electron chi connectivity index (χ1n) is 7.28. The summed E-state index contributed by atoms with van der Waals surface area (Å²) in [6.45, 7) is 0.256. The van der Waals surface area contributed by atoms with Crippen LogP contribution in [0.4, 0.5) is 10.2 Å². The van der Waals surface area contributed by atoms with Crippen LogP contribution in [0.25, 0.3) is 22.0 Å². The van der Waals surface area contributed by atoms with E-state index in [2.05, 4.69) is 15.3 Å². The van der Waals surface area contributed by atoms with Crippen LogP contribution in [0.5, 0.6) is 5.75 Å². The molecule has 2 heterocycles. The highest BCUT2D eigenvalue weighted by molar-refractivity contribution is 6.30. The Morgan fingerprint density at radius 3 is 2.92 bits per heavy atom. The second kappa shape index (κ2) is 6.98. The molecule has 0 aliphatic heterocycles. The van der Waals surface area contributed by atoms with Crippen molar-refractivity contribution in [1.82, 2.24) is 9.97 Å².